The maximum atomic E-state index is 4.75. The molecule has 4 rings (SSSR count). The first kappa shape index (κ1) is 15.5. The minimum atomic E-state index is 0.382. The topological polar surface area (TPSA) is 57.7 Å². The zero-order chi connectivity index (χ0) is 16.5. The summed E-state index contributed by atoms with van der Waals surface area (Å²) < 4.78 is 0. The highest BCUT2D eigenvalue weighted by molar-refractivity contribution is 7.13. The average molecular weight is 339 g/mol. The number of fused-ring (bicyclic) bond motifs is 1. The molecule has 0 bridgehead atoms. The van der Waals surface area contributed by atoms with E-state index in [1.807, 2.05) is 12.4 Å². The molecule has 0 aromatic carbocycles. The number of hydrogen-bond acceptors (Lipinski definition) is 5. The number of rotatable bonds is 4. The van der Waals surface area contributed by atoms with E-state index in [4.69, 9.17) is 4.98 Å². The van der Waals surface area contributed by atoms with Crippen LogP contribution in [0, 0.1) is 0 Å². The van der Waals surface area contributed by atoms with Crippen molar-refractivity contribution in [3.8, 4) is 10.6 Å². The predicted molar refractivity (Wildman–Crippen MR) is 95.8 cm³/mol. The monoisotopic (exact) mass is 339 g/mol. The fraction of sp³-hybridized carbons (Fsp3) is 0.389. The molecule has 1 N–H and O–H groups in total. The van der Waals surface area contributed by atoms with Crippen LogP contribution in [-0.4, -0.2) is 31.6 Å². The zero-order valence-electron chi connectivity index (χ0n) is 14.0. The Bertz CT molecular complexity index is 822. The molecule has 0 saturated heterocycles. The fourth-order valence-corrected chi connectivity index (χ4v) is 3.86. The van der Waals surface area contributed by atoms with Crippen LogP contribution in [0.4, 0.5) is 0 Å². The summed E-state index contributed by atoms with van der Waals surface area (Å²) in [6.07, 6.45) is 4.95. The average Bonchev–Trinajstić information content (AvgIpc) is 3.25. The Morgan fingerprint density at radius 1 is 1.33 bits per heavy atom. The first-order chi connectivity index (χ1) is 11.7. The van der Waals surface area contributed by atoms with Gasteiger partial charge in [-0.1, -0.05) is 19.9 Å². The summed E-state index contributed by atoms with van der Waals surface area (Å²) in [4.78, 5) is 13.0. The summed E-state index contributed by atoms with van der Waals surface area (Å²) in [7, 11) is 0. The molecule has 0 saturated carbocycles. The van der Waals surface area contributed by atoms with Gasteiger partial charge in [0.2, 0.25) is 0 Å². The van der Waals surface area contributed by atoms with Crippen molar-refractivity contribution in [2.24, 2.45) is 0 Å². The van der Waals surface area contributed by atoms with Gasteiger partial charge in [0.25, 0.3) is 0 Å². The minimum Gasteiger partial charge on any atom is -0.294 e. The summed E-state index contributed by atoms with van der Waals surface area (Å²) in [6, 6.07) is 4.21. The SMILES string of the molecule is CC(C)c1ncc2c(n1)CCN(Cc1cn[nH]c1-c1cccs1)C2. The van der Waals surface area contributed by atoms with Crippen LogP contribution in [0.1, 0.15) is 42.4 Å². The van der Waals surface area contributed by atoms with Crippen LogP contribution in [0.3, 0.4) is 0 Å². The largest absolute Gasteiger partial charge is 0.294 e. The molecule has 0 fully saturated rings. The number of H-pyrrole nitrogens is 1. The van der Waals surface area contributed by atoms with Crippen molar-refractivity contribution in [1.29, 1.82) is 0 Å². The second kappa shape index (κ2) is 6.45. The van der Waals surface area contributed by atoms with Gasteiger partial charge in [0.1, 0.15) is 5.82 Å². The van der Waals surface area contributed by atoms with Crippen LogP contribution in [0.5, 0.6) is 0 Å². The lowest BCUT2D eigenvalue weighted by Crippen LogP contribution is -2.31. The lowest BCUT2D eigenvalue weighted by atomic mass is 10.1. The van der Waals surface area contributed by atoms with Gasteiger partial charge in [-0.15, -0.1) is 11.3 Å². The van der Waals surface area contributed by atoms with E-state index in [2.05, 4.69) is 51.4 Å². The van der Waals surface area contributed by atoms with Gasteiger partial charge in [-0.3, -0.25) is 10.00 Å². The third-order valence-electron chi connectivity index (χ3n) is 4.43. The van der Waals surface area contributed by atoms with E-state index in [-0.39, 0.29) is 0 Å². The van der Waals surface area contributed by atoms with Gasteiger partial charge in [0, 0.05) is 55.0 Å². The Labute approximate surface area is 145 Å². The molecular weight excluding hydrogens is 318 g/mol. The quantitative estimate of drug-likeness (QED) is 0.789. The van der Waals surface area contributed by atoms with Gasteiger partial charge in [0.05, 0.1) is 16.8 Å². The molecule has 0 unspecified atom stereocenters. The molecule has 0 radical (unpaired) electrons. The Morgan fingerprint density at radius 2 is 2.25 bits per heavy atom. The fourth-order valence-electron chi connectivity index (χ4n) is 3.11. The standard InChI is InChI=1S/C18H21N5S/c1-12(2)18-19-8-13-10-23(6-5-15(13)21-18)11-14-9-20-22-17(14)16-4-3-7-24-16/h3-4,7-9,12H,5-6,10-11H2,1-2H3,(H,20,22). The smallest absolute Gasteiger partial charge is 0.131 e. The second-order valence-electron chi connectivity index (χ2n) is 6.56. The molecule has 5 nitrogen and oxygen atoms in total. The molecular formula is C18H21N5S. The highest BCUT2D eigenvalue weighted by Crippen LogP contribution is 2.28. The highest BCUT2D eigenvalue weighted by Gasteiger charge is 2.21. The van der Waals surface area contributed by atoms with E-state index >= 15 is 0 Å². The van der Waals surface area contributed by atoms with E-state index in [0.717, 1.165) is 37.6 Å². The second-order valence-corrected chi connectivity index (χ2v) is 7.51. The number of nitrogens with one attached hydrogen (secondary N) is 1. The van der Waals surface area contributed by atoms with E-state index in [0.29, 0.717) is 5.92 Å². The van der Waals surface area contributed by atoms with Gasteiger partial charge < -0.3 is 0 Å². The van der Waals surface area contributed by atoms with Crippen LogP contribution in [0.25, 0.3) is 10.6 Å². The first-order valence-electron chi connectivity index (χ1n) is 8.34. The van der Waals surface area contributed by atoms with Crippen LogP contribution in [0.15, 0.2) is 29.9 Å². The molecule has 0 spiro atoms. The summed E-state index contributed by atoms with van der Waals surface area (Å²) in [5, 5.41) is 9.49. The summed E-state index contributed by atoms with van der Waals surface area (Å²) in [5.74, 6) is 1.34. The third-order valence-corrected chi connectivity index (χ3v) is 5.31. The number of thiophene rings is 1. The summed E-state index contributed by atoms with van der Waals surface area (Å²) in [5.41, 5.74) is 4.87. The van der Waals surface area contributed by atoms with Gasteiger partial charge >= 0.3 is 0 Å². The summed E-state index contributed by atoms with van der Waals surface area (Å²) >= 11 is 1.74. The van der Waals surface area contributed by atoms with Gasteiger partial charge in [-0.2, -0.15) is 5.10 Å². The maximum absolute atomic E-state index is 4.75. The van der Waals surface area contributed by atoms with Crippen molar-refractivity contribution in [3.05, 3.63) is 52.6 Å². The van der Waals surface area contributed by atoms with Gasteiger partial charge in [-0.25, -0.2) is 9.97 Å². The lowest BCUT2D eigenvalue weighted by molar-refractivity contribution is 0.243. The van der Waals surface area contributed by atoms with E-state index in [9.17, 15) is 0 Å². The Morgan fingerprint density at radius 3 is 3.04 bits per heavy atom. The van der Waals surface area contributed by atoms with Gasteiger partial charge in [-0.05, 0) is 11.4 Å². The number of aromatic amines is 1. The maximum Gasteiger partial charge on any atom is 0.131 e. The zero-order valence-corrected chi connectivity index (χ0v) is 14.8. The van der Waals surface area contributed by atoms with Crippen molar-refractivity contribution in [2.45, 2.75) is 39.3 Å². The van der Waals surface area contributed by atoms with Crippen molar-refractivity contribution < 1.29 is 0 Å². The molecule has 6 heteroatoms. The normalized spacial score (nSPS) is 15.0. The van der Waals surface area contributed by atoms with Gasteiger partial charge in [0.15, 0.2) is 0 Å². The van der Waals surface area contributed by atoms with Crippen LogP contribution in [0.2, 0.25) is 0 Å². The molecule has 1 aliphatic heterocycles. The lowest BCUT2D eigenvalue weighted by Gasteiger charge is -2.28. The van der Waals surface area contributed by atoms with Crippen LogP contribution < -0.4 is 0 Å². The molecule has 1 aliphatic rings. The minimum absolute atomic E-state index is 0.382. The Hall–Kier alpha value is -2.05. The van der Waals surface area contributed by atoms with Crippen LogP contribution in [-0.2, 0) is 19.5 Å². The molecule has 4 heterocycles. The predicted octanol–water partition coefficient (Wildman–Crippen LogP) is 3.61. The van der Waals surface area contributed by atoms with Crippen molar-refractivity contribution in [1.82, 2.24) is 25.1 Å². The summed E-state index contributed by atoms with van der Waals surface area (Å²) in [6.45, 7) is 7.11. The molecule has 0 atom stereocenters. The van der Waals surface area contributed by atoms with Crippen molar-refractivity contribution >= 4 is 11.3 Å². The number of hydrogen-bond donors (Lipinski definition) is 1. The molecule has 0 aliphatic carbocycles. The van der Waals surface area contributed by atoms with E-state index in [1.54, 1.807) is 11.3 Å². The van der Waals surface area contributed by atoms with E-state index < -0.39 is 0 Å². The van der Waals surface area contributed by atoms with Crippen LogP contribution >= 0.6 is 11.3 Å². The molecule has 3 aromatic heterocycles. The molecule has 3 aromatic rings. The number of aromatic nitrogens is 4. The highest BCUT2D eigenvalue weighted by atomic mass is 32.1. The molecule has 124 valence electrons. The third kappa shape index (κ3) is 2.99. The number of nitrogens with zero attached hydrogens (tertiary/aromatic N) is 4. The van der Waals surface area contributed by atoms with Crippen molar-refractivity contribution in [2.75, 3.05) is 6.54 Å². The molecule has 24 heavy (non-hydrogen) atoms. The van der Waals surface area contributed by atoms with E-state index in [1.165, 1.54) is 21.7 Å². The Kier molecular flexibility index (Phi) is 4.16. The molecule has 0 amide bonds. The first-order valence-corrected chi connectivity index (χ1v) is 9.22. The van der Waals surface area contributed by atoms with Crippen molar-refractivity contribution in [3.63, 3.8) is 0 Å². The Balaban J connectivity index is 1.51.